The first-order chi connectivity index (χ1) is 9.81. The van der Waals surface area contributed by atoms with Crippen LogP contribution in [0.3, 0.4) is 0 Å². The highest BCUT2D eigenvalue weighted by atomic mass is 16.5. The molecule has 1 atom stereocenters. The van der Waals surface area contributed by atoms with E-state index in [1.165, 1.54) is 25.7 Å². The van der Waals surface area contributed by atoms with Crippen LogP contribution in [0.15, 0.2) is 34.7 Å². The minimum atomic E-state index is -0.682. The Kier molecular flexibility index (Phi) is 6.09. The summed E-state index contributed by atoms with van der Waals surface area (Å²) in [7, 11) is 0. The van der Waals surface area contributed by atoms with Gasteiger partial charge in [-0.1, -0.05) is 50.8 Å². The van der Waals surface area contributed by atoms with Crippen molar-refractivity contribution in [3.05, 3.63) is 36.1 Å². The van der Waals surface area contributed by atoms with Crippen LogP contribution in [-0.4, -0.2) is 18.3 Å². The Morgan fingerprint density at radius 1 is 1.15 bits per heavy atom. The second-order valence-electron chi connectivity index (χ2n) is 5.19. The first-order valence-corrected chi connectivity index (χ1v) is 7.55. The van der Waals surface area contributed by atoms with Crippen LogP contribution in [0.5, 0.6) is 0 Å². The van der Waals surface area contributed by atoms with Crippen molar-refractivity contribution in [3.63, 3.8) is 0 Å². The lowest BCUT2D eigenvalue weighted by molar-refractivity contribution is 0.0244. The van der Waals surface area contributed by atoms with Gasteiger partial charge in [-0.15, -0.1) is 0 Å². The van der Waals surface area contributed by atoms with E-state index >= 15 is 0 Å². The fourth-order valence-corrected chi connectivity index (χ4v) is 2.25. The van der Waals surface area contributed by atoms with Crippen LogP contribution >= 0.6 is 0 Å². The predicted molar refractivity (Wildman–Crippen MR) is 80.8 cm³/mol. The first-order valence-electron chi connectivity index (χ1n) is 7.55. The van der Waals surface area contributed by atoms with Crippen molar-refractivity contribution >= 4 is 11.0 Å². The normalized spacial score (nSPS) is 12.9. The summed E-state index contributed by atoms with van der Waals surface area (Å²) in [5, 5.41) is 11.1. The van der Waals surface area contributed by atoms with Crippen molar-refractivity contribution in [2.45, 2.75) is 45.1 Å². The van der Waals surface area contributed by atoms with Gasteiger partial charge in [0.2, 0.25) is 0 Å². The Hall–Kier alpha value is -1.32. The van der Waals surface area contributed by atoms with Gasteiger partial charge in [-0.25, -0.2) is 0 Å². The van der Waals surface area contributed by atoms with Gasteiger partial charge in [0.25, 0.3) is 0 Å². The van der Waals surface area contributed by atoms with Crippen LogP contribution in [-0.2, 0) is 4.74 Å². The number of benzene rings is 1. The Bertz CT molecular complexity index is 471. The molecule has 1 aromatic heterocycles. The molecule has 3 heteroatoms. The third-order valence-corrected chi connectivity index (χ3v) is 3.44. The molecule has 0 radical (unpaired) electrons. The van der Waals surface area contributed by atoms with Crippen molar-refractivity contribution < 1.29 is 14.3 Å². The van der Waals surface area contributed by atoms with E-state index in [4.69, 9.17) is 9.15 Å². The van der Waals surface area contributed by atoms with Crippen LogP contribution < -0.4 is 0 Å². The number of fused-ring (bicyclic) bond motifs is 1. The molecule has 2 rings (SSSR count). The summed E-state index contributed by atoms with van der Waals surface area (Å²) in [6.07, 6.45) is 5.40. The molecule has 0 saturated carbocycles. The summed E-state index contributed by atoms with van der Waals surface area (Å²) in [5.41, 5.74) is 0.807. The van der Waals surface area contributed by atoms with Crippen LogP contribution in [0.2, 0.25) is 0 Å². The Labute approximate surface area is 120 Å². The topological polar surface area (TPSA) is 42.6 Å². The van der Waals surface area contributed by atoms with Gasteiger partial charge in [-0.05, 0) is 18.6 Å². The monoisotopic (exact) mass is 276 g/mol. The molecule has 1 heterocycles. The quantitative estimate of drug-likeness (QED) is 0.688. The zero-order valence-corrected chi connectivity index (χ0v) is 12.2. The van der Waals surface area contributed by atoms with Crippen LogP contribution in [0.25, 0.3) is 11.0 Å². The Morgan fingerprint density at radius 3 is 2.75 bits per heavy atom. The molecule has 0 fully saturated rings. The third kappa shape index (κ3) is 4.36. The number of aliphatic hydroxyl groups is 1. The maximum absolute atomic E-state index is 10.0. The smallest absolute Gasteiger partial charge is 0.136 e. The zero-order valence-electron chi connectivity index (χ0n) is 12.2. The van der Waals surface area contributed by atoms with Gasteiger partial charge in [-0.2, -0.15) is 0 Å². The number of aliphatic hydroxyl groups excluding tert-OH is 1. The highest BCUT2D eigenvalue weighted by Gasteiger charge is 2.13. The zero-order chi connectivity index (χ0) is 14.2. The van der Waals surface area contributed by atoms with Gasteiger partial charge in [0, 0.05) is 12.0 Å². The lowest BCUT2D eigenvalue weighted by atomic mass is 10.2. The number of furan rings is 1. The first kappa shape index (κ1) is 15.1. The van der Waals surface area contributed by atoms with Gasteiger partial charge < -0.3 is 14.3 Å². The molecule has 0 aliphatic carbocycles. The minimum absolute atomic E-state index is 0.299. The van der Waals surface area contributed by atoms with Gasteiger partial charge in [0.15, 0.2) is 0 Å². The average molecular weight is 276 g/mol. The summed E-state index contributed by atoms with van der Waals surface area (Å²) in [5.74, 6) is 0.581. The van der Waals surface area contributed by atoms with Crippen LogP contribution in [0.1, 0.15) is 50.9 Å². The second kappa shape index (κ2) is 8.08. The van der Waals surface area contributed by atoms with E-state index in [-0.39, 0.29) is 0 Å². The van der Waals surface area contributed by atoms with E-state index in [2.05, 4.69) is 6.92 Å². The van der Waals surface area contributed by atoms with Crippen molar-refractivity contribution in [1.82, 2.24) is 0 Å². The number of para-hydroxylation sites is 1. The summed E-state index contributed by atoms with van der Waals surface area (Å²) in [6, 6.07) is 9.64. The number of hydrogen-bond acceptors (Lipinski definition) is 3. The highest BCUT2D eigenvalue weighted by Crippen LogP contribution is 2.23. The molecule has 110 valence electrons. The van der Waals surface area contributed by atoms with E-state index in [0.717, 1.165) is 17.4 Å². The fraction of sp³-hybridized carbons (Fsp3) is 0.529. The van der Waals surface area contributed by atoms with Gasteiger partial charge in [0.05, 0.1) is 6.61 Å². The largest absolute Gasteiger partial charge is 0.458 e. The Morgan fingerprint density at radius 2 is 1.95 bits per heavy atom. The van der Waals surface area contributed by atoms with E-state index in [9.17, 15) is 5.11 Å². The molecule has 1 aromatic carbocycles. The molecule has 0 saturated heterocycles. The molecule has 20 heavy (non-hydrogen) atoms. The number of rotatable bonds is 9. The van der Waals surface area contributed by atoms with Crippen molar-refractivity contribution in [3.8, 4) is 0 Å². The van der Waals surface area contributed by atoms with Gasteiger partial charge in [0.1, 0.15) is 17.4 Å². The standard InChI is InChI=1S/C17H24O3/c1-2-3-4-5-8-11-19-13-15(18)17-12-14-9-6-7-10-16(14)20-17/h6-7,9-10,12,15,18H,2-5,8,11,13H2,1H3. The maximum Gasteiger partial charge on any atom is 0.136 e. The molecule has 1 unspecified atom stereocenters. The highest BCUT2D eigenvalue weighted by molar-refractivity contribution is 5.77. The van der Waals surface area contributed by atoms with E-state index in [1.807, 2.05) is 30.3 Å². The van der Waals surface area contributed by atoms with E-state index < -0.39 is 6.10 Å². The lowest BCUT2D eigenvalue weighted by Gasteiger charge is -2.08. The average Bonchev–Trinajstić information content (AvgIpc) is 2.90. The van der Waals surface area contributed by atoms with Gasteiger partial charge >= 0.3 is 0 Å². The Balaban J connectivity index is 1.70. The van der Waals surface area contributed by atoms with Crippen LogP contribution in [0, 0.1) is 0 Å². The second-order valence-corrected chi connectivity index (χ2v) is 5.19. The number of hydrogen-bond donors (Lipinski definition) is 1. The molecule has 0 bridgehead atoms. The molecule has 0 aliphatic heterocycles. The predicted octanol–water partition coefficient (Wildman–Crippen LogP) is 4.45. The lowest BCUT2D eigenvalue weighted by Crippen LogP contribution is -2.07. The minimum Gasteiger partial charge on any atom is -0.458 e. The molecular formula is C17H24O3. The van der Waals surface area contributed by atoms with Gasteiger partial charge in [-0.3, -0.25) is 0 Å². The molecule has 0 spiro atoms. The summed E-state index contributed by atoms with van der Waals surface area (Å²) < 4.78 is 11.1. The van der Waals surface area contributed by atoms with E-state index in [1.54, 1.807) is 0 Å². The molecule has 2 aromatic rings. The molecule has 0 amide bonds. The summed E-state index contributed by atoms with van der Waals surface area (Å²) in [4.78, 5) is 0. The molecule has 0 aliphatic rings. The molecule has 3 nitrogen and oxygen atoms in total. The van der Waals surface area contributed by atoms with E-state index in [0.29, 0.717) is 19.0 Å². The summed E-state index contributed by atoms with van der Waals surface area (Å²) in [6.45, 7) is 3.22. The van der Waals surface area contributed by atoms with Crippen molar-refractivity contribution in [1.29, 1.82) is 0 Å². The molecule has 1 N–H and O–H groups in total. The molecular weight excluding hydrogens is 252 g/mol. The number of ether oxygens (including phenoxy) is 1. The maximum atomic E-state index is 10.0. The number of unbranched alkanes of at least 4 members (excludes halogenated alkanes) is 4. The van der Waals surface area contributed by atoms with Crippen LogP contribution in [0.4, 0.5) is 0 Å². The third-order valence-electron chi connectivity index (χ3n) is 3.44. The fourth-order valence-electron chi connectivity index (χ4n) is 2.25. The SMILES string of the molecule is CCCCCCCOCC(O)c1cc2ccccc2o1. The van der Waals surface area contributed by atoms with Crippen molar-refractivity contribution in [2.24, 2.45) is 0 Å². The summed E-state index contributed by atoms with van der Waals surface area (Å²) >= 11 is 0. The van der Waals surface area contributed by atoms with Crippen molar-refractivity contribution in [2.75, 3.05) is 13.2 Å².